The molecule has 3 aromatic carbocycles. The van der Waals surface area contributed by atoms with E-state index in [1.54, 1.807) is 84.9 Å². The molecule has 0 aromatic heterocycles. The van der Waals surface area contributed by atoms with Gasteiger partial charge in [0.15, 0.2) is 0 Å². The predicted molar refractivity (Wildman–Crippen MR) is 102 cm³/mol. The Bertz CT molecular complexity index is 838. The number of carbonyl (C=O) groups is 3. The smallest absolute Gasteiger partial charge is 0.273 e. The number of hydrogen-bond acceptors (Lipinski definition) is 3. The van der Waals surface area contributed by atoms with Gasteiger partial charge in [-0.3, -0.25) is 9.59 Å². The highest BCUT2D eigenvalue weighted by Gasteiger charge is 2.47. The van der Waals surface area contributed by atoms with E-state index >= 15 is 0 Å². The average Bonchev–Trinajstić information content (AvgIpc) is 2.70. The third-order valence-corrected chi connectivity index (χ3v) is 4.48. The largest absolute Gasteiger partial charge is 0.342 e. The van der Waals surface area contributed by atoms with Gasteiger partial charge in [-0.1, -0.05) is 66.7 Å². The van der Waals surface area contributed by atoms with Crippen LogP contribution in [0.25, 0.3) is 0 Å². The standard InChI is InChI=1S/C22H16N2O3/c25-20-19(16-10-4-1-5-11-16)21(26)24(18-14-8-3-9-15-18)22(27)23(20)17-12-6-2-7-13-17/h1-15,19H. The summed E-state index contributed by atoms with van der Waals surface area (Å²) >= 11 is 0. The van der Waals surface area contributed by atoms with Crippen LogP contribution in [0.2, 0.25) is 0 Å². The second kappa shape index (κ2) is 6.88. The van der Waals surface area contributed by atoms with Crippen molar-refractivity contribution in [2.45, 2.75) is 5.92 Å². The van der Waals surface area contributed by atoms with Gasteiger partial charge in [-0.2, -0.15) is 0 Å². The number of anilines is 2. The molecule has 0 radical (unpaired) electrons. The summed E-state index contributed by atoms with van der Waals surface area (Å²) in [4.78, 5) is 41.6. The summed E-state index contributed by atoms with van der Waals surface area (Å²) in [7, 11) is 0. The van der Waals surface area contributed by atoms with Crippen LogP contribution in [0.4, 0.5) is 16.2 Å². The molecule has 0 bridgehead atoms. The fourth-order valence-electron chi connectivity index (χ4n) is 3.21. The number of imide groups is 2. The van der Waals surface area contributed by atoms with E-state index in [0.29, 0.717) is 16.9 Å². The number of hydrogen-bond donors (Lipinski definition) is 0. The molecule has 1 heterocycles. The topological polar surface area (TPSA) is 57.7 Å². The van der Waals surface area contributed by atoms with Crippen molar-refractivity contribution in [1.29, 1.82) is 0 Å². The highest BCUT2D eigenvalue weighted by atomic mass is 16.2. The highest BCUT2D eigenvalue weighted by molar-refractivity contribution is 6.38. The van der Waals surface area contributed by atoms with Crippen molar-refractivity contribution < 1.29 is 14.4 Å². The van der Waals surface area contributed by atoms with Gasteiger partial charge in [0.05, 0.1) is 11.4 Å². The predicted octanol–water partition coefficient (Wildman–Crippen LogP) is 3.97. The van der Waals surface area contributed by atoms with Crippen molar-refractivity contribution >= 4 is 29.2 Å². The van der Waals surface area contributed by atoms with E-state index in [-0.39, 0.29) is 0 Å². The Morgan fingerprint density at radius 1 is 0.519 bits per heavy atom. The summed E-state index contributed by atoms with van der Waals surface area (Å²) in [5.41, 5.74) is 1.42. The molecule has 4 amide bonds. The van der Waals surface area contributed by atoms with Crippen LogP contribution in [0, 0.1) is 0 Å². The zero-order valence-corrected chi connectivity index (χ0v) is 14.4. The van der Waals surface area contributed by atoms with Gasteiger partial charge in [-0.05, 0) is 29.8 Å². The quantitative estimate of drug-likeness (QED) is 0.667. The number of amides is 4. The lowest BCUT2D eigenvalue weighted by Gasteiger charge is -2.37. The minimum Gasteiger partial charge on any atom is -0.273 e. The number of nitrogens with zero attached hydrogens (tertiary/aromatic N) is 2. The van der Waals surface area contributed by atoms with Gasteiger partial charge in [0.1, 0.15) is 5.92 Å². The van der Waals surface area contributed by atoms with Crippen LogP contribution in [0.1, 0.15) is 11.5 Å². The van der Waals surface area contributed by atoms with Crippen molar-refractivity contribution in [3.63, 3.8) is 0 Å². The van der Waals surface area contributed by atoms with Gasteiger partial charge in [0.25, 0.3) is 11.8 Å². The zero-order chi connectivity index (χ0) is 18.8. The molecule has 1 fully saturated rings. The van der Waals surface area contributed by atoms with Gasteiger partial charge in [0.2, 0.25) is 0 Å². The lowest BCUT2D eigenvalue weighted by Crippen LogP contribution is -2.59. The molecule has 27 heavy (non-hydrogen) atoms. The van der Waals surface area contributed by atoms with Crippen molar-refractivity contribution in [2.24, 2.45) is 0 Å². The lowest BCUT2D eigenvalue weighted by molar-refractivity contribution is -0.129. The fourth-order valence-corrected chi connectivity index (χ4v) is 3.21. The molecule has 132 valence electrons. The molecular formula is C22H16N2O3. The summed E-state index contributed by atoms with van der Waals surface area (Å²) in [6, 6.07) is 25.4. The molecule has 0 atom stereocenters. The Labute approximate surface area is 156 Å². The third kappa shape index (κ3) is 2.89. The van der Waals surface area contributed by atoms with Gasteiger partial charge in [-0.25, -0.2) is 14.6 Å². The second-order valence-electron chi connectivity index (χ2n) is 6.14. The zero-order valence-electron chi connectivity index (χ0n) is 14.4. The minimum atomic E-state index is -1.08. The molecule has 0 spiro atoms. The minimum absolute atomic E-state index is 0.432. The first-order valence-corrected chi connectivity index (χ1v) is 8.55. The fraction of sp³-hybridized carbons (Fsp3) is 0.0455. The maximum Gasteiger partial charge on any atom is 0.342 e. The summed E-state index contributed by atoms with van der Waals surface area (Å²) in [6.07, 6.45) is 0. The van der Waals surface area contributed by atoms with Crippen molar-refractivity contribution in [3.05, 3.63) is 96.6 Å². The molecule has 3 aromatic rings. The molecule has 5 nitrogen and oxygen atoms in total. The van der Waals surface area contributed by atoms with E-state index in [4.69, 9.17) is 0 Å². The maximum absolute atomic E-state index is 13.2. The van der Waals surface area contributed by atoms with E-state index in [1.807, 2.05) is 6.07 Å². The van der Waals surface area contributed by atoms with E-state index < -0.39 is 23.8 Å². The van der Waals surface area contributed by atoms with Crippen LogP contribution in [0.5, 0.6) is 0 Å². The first kappa shape index (κ1) is 16.7. The van der Waals surface area contributed by atoms with Crippen LogP contribution < -0.4 is 9.80 Å². The Kier molecular flexibility index (Phi) is 4.26. The molecule has 4 rings (SSSR count). The lowest BCUT2D eigenvalue weighted by atomic mass is 9.93. The van der Waals surface area contributed by atoms with Crippen LogP contribution in [-0.4, -0.2) is 17.8 Å². The van der Waals surface area contributed by atoms with Crippen molar-refractivity contribution in [2.75, 3.05) is 9.80 Å². The highest BCUT2D eigenvalue weighted by Crippen LogP contribution is 2.33. The molecule has 1 aliphatic heterocycles. The second-order valence-corrected chi connectivity index (χ2v) is 6.14. The van der Waals surface area contributed by atoms with Crippen LogP contribution in [-0.2, 0) is 9.59 Å². The van der Waals surface area contributed by atoms with Gasteiger partial charge >= 0.3 is 6.03 Å². The summed E-state index contributed by atoms with van der Waals surface area (Å²) in [5.74, 6) is -2.17. The number of para-hydroxylation sites is 2. The van der Waals surface area contributed by atoms with Crippen LogP contribution >= 0.6 is 0 Å². The molecule has 5 heteroatoms. The molecule has 0 unspecified atom stereocenters. The van der Waals surface area contributed by atoms with Gasteiger partial charge < -0.3 is 0 Å². The number of barbiturate groups is 1. The van der Waals surface area contributed by atoms with E-state index in [0.717, 1.165) is 9.80 Å². The van der Waals surface area contributed by atoms with Crippen LogP contribution in [0.15, 0.2) is 91.0 Å². The van der Waals surface area contributed by atoms with E-state index in [1.165, 1.54) is 0 Å². The first-order valence-electron chi connectivity index (χ1n) is 8.55. The molecule has 1 aliphatic rings. The van der Waals surface area contributed by atoms with E-state index in [9.17, 15) is 14.4 Å². The molecular weight excluding hydrogens is 340 g/mol. The number of carbonyl (C=O) groups excluding carboxylic acids is 3. The van der Waals surface area contributed by atoms with Crippen LogP contribution in [0.3, 0.4) is 0 Å². The average molecular weight is 356 g/mol. The Hall–Kier alpha value is -3.73. The Morgan fingerprint density at radius 3 is 1.30 bits per heavy atom. The van der Waals surface area contributed by atoms with E-state index in [2.05, 4.69) is 0 Å². The SMILES string of the molecule is O=C1C(c2ccccc2)C(=O)N(c2ccccc2)C(=O)N1c1ccccc1. The number of benzene rings is 3. The Morgan fingerprint density at radius 2 is 0.889 bits per heavy atom. The normalized spacial score (nSPS) is 15.3. The molecule has 1 saturated heterocycles. The van der Waals surface area contributed by atoms with Crippen molar-refractivity contribution in [3.8, 4) is 0 Å². The monoisotopic (exact) mass is 356 g/mol. The molecule has 0 N–H and O–H groups in total. The Balaban J connectivity index is 1.87. The molecule has 0 aliphatic carbocycles. The van der Waals surface area contributed by atoms with Gasteiger partial charge in [0, 0.05) is 0 Å². The van der Waals surface area contributed by atoms with Crippen molar-refractivity contribution in [1.82, 2.24) is 0 Å². The first-order chi connectivity index (χ1) is 13.2. The summed E-state index contributed by atoms with van der Waals surface area (Å²) in [5, 5.41) is 0. The molecule has 0 saturated carbocycles. The maximum atomic E-state index is 13.2. The number of rotatable bonds is 3. The number of urea groups is 1. The summed E-state index contributed by atoms with van der Waals surface area (Å²) < 4.78 is 0. The summed E-state index contributed by atoms with van der Waals surface area (Å²) in [6.45, 7) is 0. The van der Waals surface area contributed by atoms with Gasteiger partial charge in [-0.15, -0.1) is 0 Å². The third-order valence-electron chi connectivity index (χ3n) is 4.48.